The molecule has 1 aromatic heterocycles. The maximum atomic E-state index is 5.75. The van der Waals surface area contributed by atoms with Crippen LogP contribution in [0.5, 0.6) is 11.5 Å². The van der Waals surface area contributed by atoms with Crippen LogP contribution in [-0.2, 0) is 12.0 Å². The minimum atomic E-state index is 0.118. The van der Waals surface area contributed by atoms with Gasteiger partial charge in [-0.2, -0.15) is 0 Å². The third-order valence-corrected chi connectivity index (χ3v) is 4.86. The summed E-state index contributed by atoms with van der Waals surface area (Å²) in [6.45, 7) is 12.2. The van der Waals surface area contributed by atoms with Crippen molar-refractivity contribution in [1.29, 1.82) is 0 Å². The van der Waals surface area contributed by atoms with E-state index in [1.54, 1.807) is 0 Å². The molecule has 0 saturated carbocycles. The first-order valence-electron chi connectivity index (χ1n) is 7.57. The Labute approximate surface area is 130 Å². The van der Waals surface area contributed by atoms with Crippen LogP contribution in [-0.4, -0.2) is 19.8 Å². The van der Waals surface area contributed by atoms with Crippen LogP contribution in [0.1, 0.15) is 38.1 Å². The molecule has 0 radical (unpaired) electrons. The largest absolute Gasteiger partial charge is 0.486 e. The Morgan fingerprint density at radius 1 is 1.14 bits per heavy atom. The third kappa shape index (κ3) is 2.74. The fourth-order valence-corrected chi connectivity index (χ4v) is 4.26. The Morgan fingerprint density at radius 2 is 1.81 bits per heavy atom. The zero-order chi connectivity index (χ0) is 15.0. The Hall–Kier alpha value is -1.26. The van der Waals surface area contributed by atoms with Gasteiger partial charge in [0.15, 0.2) is 11.5 Å². The van der Waals surface area contributed by atoms with Gasteiger partial charge in [0.2, 0.25) is 0 Å². The highest BCUT2D eigenvalue weighted by Crippen LogP contribution is 2.44. The van der Waals surface area contributed by atoms with Crippen molar-refractivity contribution in [3.8, 4) is 11.5 Å². The van der Waals surface area contributed by atoms with Gasteiger partial charge in [0.25, 0.3) is 0 Å². The minimum Gasteiger partial charge on any atom is -0.486 e. The van der Waals surface area contributed by atoms with Gasteiger partial charge < -0.3 is 14.8 Å². The van der Waals surface area contributed by atoms with Crippen LogP contribution in [0, 0.1) is 0 Å². The number of rotatable bonds is 3. The minimum absolute atomic E-state index is 0.118. The average Bonchev–Trinajstić information content (AvgIpc) is 2.79. The number of fused-ring (bicyclic) bond motifs is 2. The summed E-state index contributed by atoms with van der Waals surface area (Å²) in [6.07, 6.45) is 0. The lowest BCUT2D eigenvalue weighted by Gasteiger charge is -2.22. The predicted octanol–water partition coefficient (Wildman–Crippen LogP) is 4.08. The number of ether oxygens (including phenoxy) is 2. The molecule has 4 heteroatoms. The SMILES string of the molecule is CCNCc1sc2cc3c(cc2c1C(C)(C)C)OCCO3. The summed E-state index contributed by atoms with van der Waals surface area (Å²) in [5.41, 5.74) is 1.55. The first kappa shape index (κ1) is 14.7. The molecular weight excluding hydrogens is 282 g/mol. The lowest BCUT2D eigenvalue weighted by molar-refractivity contribution is 0.172. The smallest absolute Gasteiger partial charge is 0.162 e. The second-order valence-corrected chi connectivity index (χ2v) is 7.56. The first-order valence-corrected chi connectivity index (χ1v) is 8.38. The highest BCUT2D eigenvalue weighted by Gasteiger charge is 2.25. The molecule has 1 N–H and O–H groups in total. The monoisotopic (exact) mass is 305 g/mol. The van der Waals surface area contributed by atoms with Gasteiger partial charge in [-0.3, -0.25) is 0 Å². The van der Waals surface area contributed by atoms with Gasteiger partial charge in [-0.1, -0.05) is 27.7 Å². The highest BCUT2D eigenvalue weighted by atomic mass is 32.1. The van der Waals surface area contributed by atoms with E-state index in [1.165, 1.54) is 20.5 Å². The van der Waals surface area contributed by atoms with Crippen molar-refractivity contribution < 1.29 is 9.47 Å². The van der Waals surface area contributed by atoms with E-state index < -0.39 is 0 Å². The van der Waals surface area contributed by atoms with Gasteiger partial charge >= 0.3 is 0 Å². The molecule has 0 spiro atoms. The van der Waals surface area contributed by atoms with Crippen molar-refractivity contribution in [2.45, 2.75) is 39.7 Å². The number of nitrogens with one attached hydrogen (secondary N) is 1. The van der Waals surface area contributed by atoms with E-state index in [2.05, 4.69) is 45.1 Å². The van der Waals surface area contributed by atoms with E-state index in [1.807, 2.05) is 11.3 Å². The van der Waals surface area contributed by atoms with Gasteiger partial charge in [0.1, 0.15) is 13.2 Å². The van der Waals surface area contributed by atoms with E-state index in [9.17, 15) is 0 Å². The van der Waals surface area contributed by atoms with Gasteiger partial charge in [-0.25, -0.2) is 0 Å². The number of thiophene rings is 1. The number of benzene rings is 1. The third-order valence-electron chi connectivity index (χ3n) is 3.71. The molecule has 114 valence electrons. The standard InChI is InChI=1S/C17H23NO2S/c1-5-18-10-15-16(17(2,3)4)11-8-12-13(9-14(11)21-15)20-7-6-19-12/h8-9,18H,5-7,10H2,1-4H3. The zero-order valence-corrected chi connectivity index (χ0v) is 14.0. The molecule has 0 fully saturated rings. The van der Waals surface area contributed by atoms with Gasteiger partial charge in [0.05, 0.1) is 0 Å². The average molecular weight is 305 g/mol. The Morgan fingerprint density at radius 3 is 2.43 bits per heavy atom. The van der Waals surface area contributed by atoms with Gasteiger partial charge in [-0.15, -0.1) is 11.3 Å². The van der Waals surface area contributed by atoms with Crippen molar-refractivity contribution in [3.63, 3.8) is 0 Å². The van der Waals surface area contributed by atoms with Crippen molar-refractivity contribution in [3.05, 3.63) is 22.6 Å². The molecule has 2 aromatic rings. The maximum Gasteiger partial charge on any atom is 0.162 e. The Kier molecular flexibility index (Phi) is 3.84. The van der Waals surface area contributed by atoms with Crippen LogP contribution in [0.3, 0.4) is 0 Å². The van der Waals surface area contributed by atoms with Crippen molar-refractivity contribution in [2.24, 2.45) is 0 Å². The molecule has 1 aliphatic heterocycles. The normalized spacial score (nSPS) is 14.7. The van der Waals surface area contributed by atoms with Crippen LogP contribution in [0.25, 0.3) is 10.1 Å². The van der Waals surface area contributed by atoms with Crippen LogP contribution in [0.4, 0.5) is 0 Å². The molecule has 3 rings (SSSR count). The van der Waals surface area contributed by atoms with Crippen molar-refractivity contribution in [1.82, 2.24) is 5.32 Å². The summed E-state index contributed by atoms with van der Waals surface area (Å²) in [4.78, 5) is 1.42. The van der Waals surface area contributed by atoms with Gasteiger partial charge in [0, 0.05) is 27.6 Å². The molecule has 0 saturated heterocycles. The van der Waals surface area contributed by atoms with E-state index in [0.717, 1.165) is 24.6 Å². The summed E-state index contributed by atoms with van der Waals surface area (Å²) < 4.78 is 12.8. The second-order valence-electron chi connectivity index (χ2n) is 6.42. The number of hydrogen-bond donors (Lipinski definition) is 1. The van der Waals surface area contributed by atoms with Crippen molar-refractivity contribution >= 4 is 21.4 Å². The molecular formula is C17H23NO2S. The lowest BCUT2D eigenvalue weighted by Crippen LogP contribution is -2.18. The van der Waals surface area contributed by atoms with E-state index in [0.29, 0.717) is 13.2 Å². The van der Waals surface area contributed by atoms with E-state index >= 15 is 0 Å². The molecule has 0 amide bonds. The molecule has 1 aromatic carbocycles. The van der Waals surface area contributed by atoms with Crippen LogP contribution in [0.15, 0.2) is 12.1 Å². The van der Waals surface area contributed by atoms with Gasteiger partial charge in [-0.05, 0) is 23.6 Å². The summed E-state index contributed by atoms with van der Waals surface area (Å²) >= 11 is 1.87. The summed E-state index contributed by atoms with van der Waals surface area (Å²) in [6, 6.07) is 4.30. The topological polar surface area (TPSA) is 30.5 Å². The highest BCUT2D eigenvalue weighted by molar-refractivity contribution is 7.19. The second kappa shape index (κ2) is 5.50. The van der Waals surface area contributed by atoms with Crippen LogP contribution >= 0.6 is 11.3 Å². The zero-order valence-electron chi connectivity index (χ0n) is 13.2. The lowest BCUT2D eigenvalue weighted by atomic mass is 9.84. The van der Waals surface area contributed by atoms with E-state index in [-0.39, 0.29) is 5.41 Å². The van der Waals surface area contributed by atoms with Crippen LogP contribution in [0.2, 0.25) is 0 Å². The molecule has 0 unspecified atom stereocenters. The molecule has 0 aliphatic carbocycles. The summed E-state index contributed by atoms with van der Waals surface area (Å²) in [7, 11) is 0. The summed E-state index contributed by atoms with van der Waals surface area (Å²) in [5, 5.41) is 4.77. The summed E-state index contributed by atoms with van der Waals surface area (Å²) in [5.74, 6) is 1.76. The molecule has 21 heavy (non-hydrogen) atoms. The van der Waals surface area contributed by atoms with Crippen molar-refractivity contribution in [2.75, 3.05) is 19.8 Å². The molecule has 1 aliphatic rings. The molecule has 2 heterocycles. The Balaban J connectivity index is 2.17. The van der Waals surface area contributed by atoms with E-state index in [4.69, 9.17) is 9.47 Å². The quantitative estimate of drug-likeness (QED) is 0.927. The molecule has 0 atom stereocenters. The van der Waals surface area contributed by atoms with Crippen LogP contribution < -0.4 is 14.8 Å². The Bertz CT molecular complexity index is 655. The fraction of sp³-hybridized carbons (Fsp3) is 0.529. The first-order chi connectivity index (χ1) is 10.0. The molecule has 0 bridgehead atoms. The maximum absolute atomic E-state index is 5.75. The predicted molar refractivity (Wildman–Crippen MR) is 88.9 cm³/mol. The molecule has 3 nitrogen and oxygen atoms in total. The fourth-order valence-electron chi connectivity index (χ4n) is 2.87. The number of hydrogen-bond acceptors (Lipinski definition) is 4.